The summed E-state index contributed by atoms with van der Waals surface area (Å²) in [4.78, 5) is 6.88. The maximum absolute atomic E-state index is 6.00. The van der Waals surface area contributed by atoms with Crippen molar-refractivity contribution < 1.29 is 0 Å². The molecule has 0 aliphatic carbocycles. The second-order valence-electron chi connectivity index (χ2n) is 5.05. The fourth-order valence-corrected chi connectivity index (χ4v) is 2.26. The summed E-state index contributed by atoms with van der Waals surface area (Å²) >= 11 is 0. The average Bonchev–Trinajstić information content (AvgIpc) is 2.26. The van der Waals surface area contributed by atoms with E-state index in [0.717, 1.165) is 42.1 Å². The SMILES string of the molecule is Cc1ccc(N)c(N2CCC(C)C(C)C2)n1. The van der Waals surface area contributed by atoms with Gasteiger partial charge in [0.15, 0.2) is 5.82 Å². The highest BCUT2D eigenvalue weighted by atomic mass is 15.2. The maximum Gasteiger partial charge on any atom is 0.152 e. The Morgan fingerprint density at radius 1 is 1.31 bits per heavy atom. The van der Waals surface area contributed by atoms with Gasteiger partial charge in [0.2, 0.25) is 0 Å². The van der Waals surface area contributed by atoms with E-state index < -0.39 is 0 Å². The van der Waals surface area contributed by atoms with E-state index in [9.17, 15) is 0 Å². The van der Waals surface area contributed by atoms with Gasteiger partial charge in [-0.05, 0) is 37.3 Å². The van der Waals surface area contributed by atoms with Crippen molar-refractivity contribution in [2.24, 2.45) is 11.8 Å². The lowest BCUT2D eigenvalue weighted by Gasteiger charge is -2.36. The summed E-state index contributed by atoms with van der Waals surface area (Å²) in [5.41, 5.74) is 7.83. The second-order valence-corrected chi connectivity index (χ2v) is 5.05. The van der Waals surface area contributed by atoms with Gasteiger partial charge in [-0.2, -0.15) is 0 Å². The molecule has 1 aliphatic heterocycles. The van der Waals surface area contributed by atoms with Crippen LogP contribution in [-0.2, 0) is 0 Å². The molecule has 1 fully saturated rings. The molecule has 3 nitrogen and oxygen atoms in total. The molecule has 16 heavy (non-hydrogen) atoms. The molecule has 0 radical (unpaired) electrons. The molecule has 0 spiro atoms. The van der Waals surface area contributed by atoms with Gasteiger partial charge >= 0.3 is 0 Å². The van der Waals surface area contributed by atoms with E-state index in [-0.39, 0.29) is 0 Å². The molecule has 2 heterocycles. The minimum atomic E-state index is 0.718. The topological polar surface area (TPSA) is 42.1 Å². The van der Waals surface area contributed by atoms with Gasteiger partial charge in [0.25, 0.3) is 0 Å². The molecule has 1 saturated heterocycles. The van der Waals surface area contributed by atoms with Gasteiger partial charge in [-0.15, -0.1) is 0 Å². The Kier molecular flexibility index (Phi) is 3.03. The minimum absolute atomic E-state index is 0.718. The van der Waals surface area contributed by atoms with Crippen molar-refractivity contribution in [3.8, 4) is 0 Å². The van der Waals surface area contributed by atoms with Crippen LogP contribution in [0.4, 0.5) is 11.5 Å². The van der Waals surface area contributed by atoms with Crippen LogP contribution in [0.15, 0.2) is 12.1 Å². The first kappa shape index (κ1) is 11.2. The van der Waals surface area contributed by atoms with Gasteiger partial charge in [0.1, 0.15) is 0 Å². The lowest BCUT2D eigenvalue weighted by atomic mass is 9.88. The summed E-state index contributed by atoms with van der Waals surface area (Å²) in [6, 6.07) is 3.93. The van der Waals surface area contributed by atoms with Gasteiger partial charge in [0.05, 0.1) is 5.69 Å². The fraction of sp³-hybridized carbons (Fsp3) is 0.615. The zero-order chi connectivity index (χ0) is 11.7. The molecule has 88 valence electrons. The molecule has 3 heteroatoms. The second kappa shape index (κ2) is 4.32. The van der Waals surface area contributed by atoms with E-state index in [4.69, 9.17) is 5.73 Å². The zero-order valence-corrected chi connectivity index (χ0v) is 10.4. The Morgan fingerprint density at radius 2 is 2.06 bits per heavy atom. The first-order valence-corrected chi connectivity index (χ1v) is 6.06. The van der Waals surface area contributed by atoms with E-state index in [1.54, 1.807) is 0 Å². The monoisotopic (exact) mass is 219 g/mol. The predicted molar refractivity (Wildman–Crippen MR) is 68.5 cm³/mol. The van der Waals surface area contributed by atoms with Gasteiger partial charge in [-0.25, -0.2) is 4.98 Å². The number of aromatic nitrogens is 1. The third-order valence-corrected chi connectivity index (χ3v) is 3.68. The molecule has 0 amide bonds. The molecule has 1 aromatic heterocycles. The van der Waals surface area contributed by atoms with Crippen LogP contribution in [0, 0.1) is 18.8 Å². The largest absolute Gasteiger partial charge is 0.396 e. The van der Waals surface area contributed by atoms with Crippen molar-refractivity contribution in [2.75, 3.05) is 23.7 Å². The predicted octanol–water partition coefficient (Wildman–Crippen LogP) is 2.45. The maximum atomic E-state index is 6.00. The summed E-state index contributed by atoms with van der Waals surface area (Å²) < 4.78 is 0. The third kappa shape index (κ3) is 2.13. The molecule has 0 bridgehead atoms. The van der Waals surface area contributed by atoms with Gasteiger partial charge < -0.3 is 10.6 Å². The summed E-state index contributed by atoms with van der Waals surface area (Å²) in [7, 11) is 0. The molecule has 2 N–H and O–H groups in total. The molecule has 1 aromatic rings. The highest BCUT2D eigenvalue weighted by Crippen LogP contribution is 2.29. The minimum Gasteiger partial charge on any atom is -0.396 e. The molecule has 2 rings (SSSR count). The lowest BCUT2D eigenvalue weighted by Crippen LogP contribution is -2.39. The summed E-state index contributed by atoms with van der Waals surface area (Å²) in [6.45, 7) is 8.80. The highest BCUT2D eigenvalue weighted by molar-refractivity contribution is 5.63. The number of pyridine rings is 1. The van der Waals surface area contributed by atoms with Crippen LogP contribution >= 0.6 is 0 Å². The smallest absolute Gasteiger partial charge is 0.152 e. The number of hydrogen-bond acceptors (Lipinski definition) is 3. The highest BCUT2D eigenvalue weighted by Gasteiger charge is 2.24. The Morgan fingerprint density at radius 3 is 2.75 bits per heavy atom. The van der Waals surface area contributed by atoms with E-state index in [1.165, 1.54) is 6.42 Å². The summed E-state index contributed by atoms with van der Waals surface area (Å²) in [6.07, 6.45) is 1.23. The molecule has 1 aliphatic rings. The van der Waals surface area contributed by atoms with Crippen LogP contribution in [0.2, 0.25) is 0 Å². The van der Waals surface area contributed by atoms with Crippen LogP contribution in [0.1, 0.15) is 26.0 Å². The Balaban J connectivity index is 2.21. The van der Waals surface area contributed by atoms with Crippen molar-refractivity contribution in [3.63, 3.8) is 0 Å². The van der Waals surface area contributed by atoms with Crippen LogP contribution < -0.4 is 10.6 Å². The van der Waals surface area contributed by atoms with E-state index in [2.05, 4.69) is 23.7 Å². The summed E-state index contributed by atoms with van der Waals surface area (Å²) in [5.74, 6) is 2.50. The molecular weight excluding hydrogens is 198 g/mol. The first-order valence-electron chi connectivity index (χ1n) is 6.06. The van der Waals surface area contributed by atoms with Crippen molar-refractivity contribution >= 4 is 11.5 Å². The number of rotatable bonds is 1. The summed E-state index contributed by atoms with van der Waals surface area (Å²) in [5, 5.41) is 0. The molecular formula is C13H21N3. The van der Waals surface area contributed by atoms with Crippen molar-refractivity contribution in [2.45, 2.75) is 27.2 Å². The number of nitrogens with zero attached hydrogens (tertiary/aromatic N) is 2. The number of piperidine rings is 1. The standard InChI is InChI=1S/C13H21N3/c1-9-6-7-16(8-10(9)2)13-12(14)5-4-11(3)15-13/h4-5,9-10H,6-8,14H2,1-3H3. The molecule has 2 atom stereocenters. The van der Waals surface area contributed by atoms with E-state index >= 15 is 0 Å². The molecule has 0 aromatic carbocycles. The average molecular weight is 219 g/mol. The number of nitrogens with two attached hydrogens (primary N) is 1. The third-order valence-electron chi connectivity index (χ3n) is 3.68. The lowest BCUT2D eigenvalue weighted by molar-refractivity contribution is 0.323. The zero-order valence-electron chi connectivity index (χ0n) is 10.4. The fourth-order valence-electron chi connectivity index (χ4n) is 2.26. The number of aryl methyl sites for hydroxylation is 1. The number of anilines is 2. The quantitative estimate of drug-likeness (QED) is 0.789. The van der Waals surface area contributed by atoms with Gasteiger partial charge in [-0.1, -0.05) is 13.8 Å². The van der Waals surface area contributed by atoms with Crippen molar-refractivity contribution in [3.05, 3.63) is 17.8 Å². The van der Waals surface area contributed by atoms with Crippen molar-refractivity contribution in [1.29, 1.82) is 0 Å². The van der Waals surface area contributed by atoms with E-state index in [1.807, 2.05) is 19.1 Å². The number of hydrogen-bond donors (Lipinski definition) is 1. The Hall–Kier alpha value is -1.25. The van der Waals surface area contributed by atoms with Gasteiger partial charge in [-0.3, -0.25) is 0 Å². The van der Waals surface area contributed by atoms with Gasteiger partial charge in [0, 0.05) is 18.8 Å². The number of nitrogen functional groups attached to an aromatic ring is 1. The van der Waals surface area contributed by atoms with Crippen LogP contribution in [-0.4, -0.2) is 18.1 Å². The Bertz CT molecular complexity index is 375. The normalized spacial score (nSPS) is 25.8. The molecule has 0 saturated carbocycles. The van der Waals surface area contributed by atoms with Crippen LogP contribution in [0.3, 0.4) is 0 Å². The van der Waals surface area contributed by atoms with Crippen molar-refractivity contribution in [1.82, 2.24) is 4.98 Å². The Labute approximate surface area is 97.7 Å². The van der Waals surface area contributed by atoms with Crippen LogP contribution in [0.25, 0.3) is 0 Å². The first-order chi connectivity index (χ1) is 7.58. The van der Waals surface area contributed by atoms with E-state index in [0.29, 0.717) is 0 Å². The van der Waals surface area contributed by atoms with Crippen LogP contribution in [0.5, 0.6) is 0 Å². The molecule has 2 unspecified atom stereocenters.